The van der Waals surface area contributed by atoms with Crippen LogP contribution in [0.1, 0.15) is 22.0 Å². The van der Waals surface area contributed by atoms with Crippen LogP contribution in [-0.4, -0.2) is 38.1 Å². The maximum atomic E-state index is 10.8. The smallest absolute Gasteiger partial charge is 0.336 e. The Balaban J connectivity index is 3.07. The monoisotopic (exact) mass is 229 g/mol. The molecule has 82 valence electrons. The van der Waals surface area contributed by atoms with E-state index in [1.165, 1.54) is 18.5 Å². The number of aliphatic hydroxyl groups is 2. The fourth-order valence-corrected chi connectivity index (χ4v) is 1.34. The lowest BCUT2D eigenvalue weighted by molar-refractivity contribution is 0.0320. The molecule has 0 spiro atoms. The average Bonchev–Trinajstić information content (AvgIpc) is 2.27. The molecule has 0 radical (unpaired) electrons. The summed E-state index contributed by atoms with van der Waals surface area (Å²) in [5.41, 5.74) is 0.0184. The number of rotatable bonds is 4. The summed E-state index contributed by atoms with van der Waals surface area (Å²) >= 11 is 3.81. The minimum atomic E-state index is -1.29. The number of carboxylic acid groups (broad SMARTS) is 1. The van der Waals surface area contributed by atoms with E-state index in [0.717, 1.165) is 0 Å². The summed E-state index contributed by atoms with van der Waals surface area (Å²) in [6.45, 7) is 0. The maximum Gasteiger partial charge on any atom is 0.336 e. The van der Waals surface area contributed by atoms with Gasteiger partial charge in [-0.25, -0.2) is 4.79 Å². The van der Waals surface area contributed by atoms with E-state index in [4.69, 9.17) is 5.11 Å². The van der Waals surface area contributed by atoms with Gasteiger partial charge in [0.05, 0.1) is 11.7 Å². The normalized spacial score (nSPS) is 14.6. The number of nitrogens with zero attached hydrogens (tertiary/aromatic N) is 1. The molecule has 0 saturated heterocycles. The molecule has 2 atom stereocenters. The number of aromatic carboxylic acids is 1. The number of aliphatic hydroxyl groups excluding tert-OH is 2. The van der Waals surface area contributed by atoms with Crippen molar-refractivity contribution in [2.45, 2.75) is 12.2 Å². The number of hydrogen-bond acceptors (Lipinski definition) is 5. The zero-order chi connectivity index (χ0) is 11.4. The zero-order valence-electron chi connectivity index (χ0n) is 7.74. The lowest BCUT2D eigenvalue weighted by Crippen LogP contribution is -2.22. The predicted octanol–water partition coefficient (Wildman–Crippen LogP) is 0.104. The summed E-state index contributed by atoms with van der Waals surface area (Å²) in [6, 6.07) is 1.27. The van der Waals surface area contributed by atoms with Crippen LogP contribution in [0.5, 0.6) is 0 Å². The number of carboxylic acids is 1. The molecule has 1 heterocycles. The molecular weight excluding hydrogens is 218 g/mol. The molecule has 6 heteroatoms. The SMILES string of the molecule is O=C(O)c1ccncc1C(O)C(O)CS. The van der Waals surface area contributed by atoms with Gasteiger partial charge in [-0.1, -0.05) is 0 Å². The highest BCUT2D eigenvalue weighted by atomic mass is 32.1. The topological polar surface area (TPSA) is 90.7 Å². The Labute approximate surface area is 91.8 Å². The number of thiol groups is 1. The highest BCUT2D eigenvalue weighted by Crippen LogP contribution is 2.20. The Morgan fingerprint density at radius 2 is 2.20 bits per heavy atom. The quantitative estimate of drug-likeness (QED) is 0.550. The van der Waals surface area contributed by atoms with Crippen molar-refractivity contribution < 1.29 is 20.1 Å². The third-order valence-corrected chi connectivity index (χ3v) is 2.33. The molecule has 1 aromatic heterocycles. The van der Waals surface area contributed by atoms with Crippen molar-refractivity contribution in [2.24, 2.45) is 0 Å². The van der Waals surface area contributed by atoms with Gasteiger partial charge in [-0.15, -0.1) is 0 Å². The van der Waals surface area contributed by atoms with E-state index < -0.39 is 18.2 Å². The first kappa shape index (κ1) is 12.0. The lowest BCUT2D eigenvalue weighted by atomic mass is 10.0. The molecule has 1 rings (SSSR count). The molecule has 0 aromatic carbocycles. The fraction of sp³-hybridized carbons (Fsp3) is 0.333. The van der Waals surface area contributed by atoms with Gasteiger partial charge in [0.2, 0.25) is 0 Å². The third kappa shape index (κ3) is 2.68. The summed E-state index contributed by atoms with van der Waals surface area (Å²) in [7, 11) is 0. The van der Waals surface area contributed by atoms with E-state index in [-0.39, 0.29) is 16.9 Å². The number of hydrogen-bond donors (Lipinski definition) is 4. The second-order valence-electron chi connectivity index (χ2n) is 2.96. The van der Waals surface area contributed by atoms with Crippen LogP contribution in [-0.2, 0) is 0 Å². The summed E-state index contributed by atoms with van der Waals surface area (Å²) in [5.74, 6) is -1.13. The zero-order valence-corrected chi connectivity index (χ0v) is 8.63. The molecule has 0 bridgehead atoms. The summed E-state index contributed by atoms with van der Waals surface area (Å²) in [6.07, 6.45) is 0.131. The minimum Gasteiger partial charge on any atom is -0.478 e. The first-order chi connectivity index (χ1) is 7.07. The molecule has 2 unspecified atom stereocenters. The van der Waals surface area contributed by atoms with E-state index in [2.05, 4.69) is 17.6 Å². The summed E-state index contributed by atoms with van der Waals surface area (Å²) < 4.78 is 0. The molecule has 3 N–H and O–H groups in total. The van der Waals surface area contributed by atoms with Gasteiger partial charge in [-0.2, -0.15) is 12.6 Å². The van der Waals surface area contributed by atoms with Crippen LogP contribution >= 0.6 is 12.6 Å². The van der Waals surface area contributed by atoms with Gasteiger partial charge in [-0.05, 0) is 6.07 Å². The molecule has 0 amide bonds. The van der Waals surface area contributed by atoms with Gasteiger partial charge in [0, 0.05) is 23.7 Å². The van der Waals surface area contributed by atoms with Crippen molar-refractivity contribution >= 4 is 18.6 Å². The summed E-state index contributed by atoms with van der Waals surface area (Å²) in [5, 5.41) is 27.8. The Morgan fingerprint density at radius 1 is 1.53 bits per heavy atom. The molecule has 0 aliphatic rings. The Morgan fingerprint density at radius 3 is 2.73 bits per heavy atom. The lowest BCUT2D eigenvalue weighted by Gasteiger charge is -2.17. The van der Waals surface area contributed by atoms with Crippen LogP contribution in [0, 0.1) is 0 Å². The second-order valence-corrected chi connectivity index (χ2v) is 3.33. The highest BCUT2D eigenvalue weighted by Gasteiger charge is 2.22. The van der Waals surface area contributed by atoms with E-state index in [9.17, 15) is 15.0 Å². The molecule has 15 heavy (non-hydrogen) atoms. The molecule has 1 aromatic rings. The molecule has 0 aliphatic carbocycles. The van der Waals surface area contributed by atoms with Gasteiger partial charge >= 0.3 is 5.97 Å². The number of aromatic nitrogens is 1. The largest absolute Gasteiger partial charge is 0.478 e. The highest BCUT2D eigenvalue weighted by molar-refractivity contribution is 7.80. The van der Waals surface area contributed by atoms with E-state index >= 15 is 0 Å². The number of carbonyl (C=O) groups is 1. The van der Waals surface area contributed by atoms with Gasteiger partial charge < -0.3 is 15.3 Å². The summed E-state index contributed by atoms with van der Waals surface area (Å²) in [4.78, 5) is 14.5. The van der Waals surface area contributed by atoms with Crippen molar-refractivity contribution in [3.63, 3.8) is 0 Å². The van der Waals surface area contributed by atoms with Crippen molar-refractivity contribution in [1.29, 1.82) is 0 Å². The van der Waals surface area contributed by atoms with Crippen LogP contribution in [0.3, 0.4) is 0 Å². The molecule has 0 aliphatic heterocycles. The van der Waals surface area contributed by atoms with Crippen molar-refractivity contribution in [1.82, 2.24) is 4.98 Å². The van der Waals surface area contributed by atoms with E-state index in [1.54, 1.807) is 0 Å². The third-order valence-electron chi connectivity index (χ3n) is 1.95. The van der Waals surface area contributed by atoms with Gasteiger partial charge in [-0.3, -0.25) is 4.98 Å². The maximum absolute atomic E-state index is 10.8. The van der Waals surface area contributed by atoms with Crippen molar-refractivity contribution in [3.05, 3.63) is 29.6 Å². The second kappa shape index (κ2) is 5.11. The first-order valence-electron chi connectivity index (χ1n) is 4.22. The number of pyridine rings is 1. The first-order valence-corrected chi connectivity index (χ1v) is 4.85. The Bertz CT molecular complexity index is 358. The molecule has 0 saturated carbocycles. The molecule has 5 nitrogen and oxygen atoms in total. The van der Waals surface area contributed by atoms with Crippen LogP contribution in [0.4, 0.5) is 0 Å². The molecular formula is C9H11NO4S. The van der Waals surface area contributed by atoms with Gasteiger partial charge in [0.15, 0.2) is 0 Å². The standard InChI is InChI=1S/C9H11NO4S/c11-7(4-15)8(12)6-3-10-2-1-5(6)9(13)14/h1-3,7-8,11-12,15H,4H2,(H,13,14). The predicted molar refractivity (Wildman–Crippen MR) is 56.0 cm³/mol. The Hall–Kier alpha value is -1.11. The Kier molecular flexibility index (Phi) is 4.07. The van der Waals surface area contributed by atoms with Crippen LogP contribution in [0.2, 0.25) is 0 Å². The van der Waals surface area contributed by atoms with Crippen LogP contribution in [0.25, 0.3) is 0 Å². The van der Waals surface area contributed by atoms with Crippen LogP contribution < -0.4 is 0 Å². The fourth-order valence-electron chi connectivity index (χ4n) is 1.14. The van der Waals surface area contributed by atoms with Crippen molar-refractivity contribution in [2.75, 3.05) is 5.75 Å². The minimum absolute atomic E-state index is 0.0368. The van der Waals surface area contributed by atoms with E-state index in [1.807, 2.05) is 0 Å². The average molecular weight is 229 g/mol. The molecule has 0 fully saturated rings. The van der Waals surface area contributed by atoms with Crippen LogP contribution in [0.15, 0.2) is 18.5 Å². The van der Waals surface area contributed by atoms with Gasteiger partial charge in [0.25, 0.3) is 0 Å². The van der Waals surface area contributed by atoms with E-state index in [0.29, 0.717) is 0 Å². The van der Waals surface area contributed by atoms with Gasteiger partial charge in [0.1, 0.15) is 6.10 Å². The van der Waals surface area contributed by atoms with Crippen molar-refractivity contribution in [3.8, 4) is 0 Å².